The number of hydrogen-bond donors (Lipinski definition) is 1. The zero-order valence-electron chi connectivity index (χ0n) is 19.8. The molecule has 6 rings (SSSR count). The molecular weight excluding hydrogens is 380 g/mol. The molecule has 1 aromatic rings. The maximum atomic E-state index is 12.7. The summed E-state index contributed by atoms with van der Waals surface area (Å²) in [6, 6.07) is 4.61. The highest BCUT2D eigenvalue weighted by Crippen LogP contribution is 2.61. The number of aryl methyl sites for hydroxylation is 1. The average Bonchev–Trinajstić information content (AvgIpc) is 3.01. The summed E-state index contributed by atoms with van der Waals surface area (Å²) < 4.78 is 0. The molecule has 2 nitrogen and oxygen atoms in total. The van der Waals surface area contributed by atoms with Crippen LogP contribution in [0.2, 0.25) is 0 Å². The summed E-state index contributed by atoms with van der Waals surface area (Å²) in [6.45, 7) is 7.14. The lowest BCUT2D eigenvalue weighted by molar-refractivity contribution is -0.129. The van der Waals surface area contributed by atoms with Crippen LogP contribution in [0.4, 0.5) is 0 Å². The van der Waals surface area contributed by atoms with Crippen molar-refractivity contribution in [2.75, 3.05) is 0 Å². The first-order chi connectivity index (χ1) is 14.8. The molecule has 168 valence electrons. The zero-order chi connectivity index (χ0) is 21.5. The molecule has 6 atom stereocenters. The van der Waals surface area contributed by atoms with Gasteiger partial charge >= 0.3 is 0 Å². The summed E-state index contributed by atoms with van der Waals surface area (Å²) in [7, 11) is 0. The summed E-state index contributed by atoms with van der Waals surface area (Å²) in [5.74, 6) is 5.46. The summed E-state index contributed by atoms with van der Waals surface area (Å²) in [5.41, 5.74) is 4.24. The molecule has 31 heavy (non-hydrogen) atoms. The first-order valence-corrected chi connectivity index (χ1v) is 13.2. The van der Waals surface area contributed by atoms with Crippen LogP contribution >= 0.6 is 0 Å². The molecule has 4 fully saturated rings. The Morgan fingerprint density at radius 2 is 1.71 bits per heavy atom. The third kappa shape index (κ3) is 2.99. The topological polar surface area (TPSA) is 37.3 Å². The van der Waals surface area contributed by atoms with E-state index in [0.29, 0.717) is 29.3 Å². The lowest BCUT2D eigenvalue weighted by Gasteiger charge is -2.50. The smallest absolute Gasteiger partial charge is 0.139 e. The Labute approximate surface area is 188 Å². The molecule has 0 spiro atoms. The van der Waals surface area contributed by atoms with Crippen LogP contribution in [0, 0.1) is 35.0 Å². The molecule has 5 unspecified atom stereocenters. The lowest BCUT2D eigenvalue weighted by atomic mass is 9.54. The average molecular weight is 421 g/mol. The number of carbonyl (C=O) groups excluding carboxylic acids is 1. The Hall–Kier alpha value is -1.31. The number of carbonyl (C=O) groups is 1. The number of Topliss-reactive ketones (excluding diaryl/α,β-unsaturated/α-hetero) is 1. The van der Waals surface area contributed by atoms with Gasteiger partial charge in [0.05, 0.1) is 0 Å². The van der Waals surface area contributed by atoms with Crippen molar-refractivity contribution >= 4 is 5.78 Å². The number of phenols is 1. The third-order valence-electron chi connectivity index (χ3n) is 10.8. The van der Waals surface area contributed by atoms with Crippen molar-refractivity contribution in [1.82, 2.24) is 0 Å². The van der Waals surface area contributed by atoms with Gasteiger partial charge in [-0.25, -0.2) is 0 Å². The fourth-order valence-electron chi connectivity index (χ4n) is 9.67. The first kappa shape index (κ1) is 20.3. The number of aromatic hydroxyl groups is 1. The maximum Gasteiger partial charge on any atom is 0.139 e. The van der Waals surface area contributed by atoms with Crippen LogP contribution in [-0.4, -0.2) is 10.9 Å². The van der Waals surface area contributed by atoms with Gasteiger partial charge in [-0.05, 0) is 122 Å². The Balaban J connectivity index is 1.36. The third-order valence-corrected chi connectivity index (χ3v) is 10.8. The van der Waals surface area contributed by atoms with Crippen LogP contribution in [0.25, 0.3) is 0 Å². The van der Waals surface area contributed by atoms with E-state index in [1.807, 2.05) is 0 Å². The number of benzene rings is 1. The molecule has 5 aliphatic carbocycles. The van der Waals surface area contributed by atoms with E-state index in [1.54, 1.807) is 0 Å². The number of phenolic OH excluding ortho intramolecular Hbond substituents is 1. The van der Waals surface area contributed by atoms with E-state index in [4.69, 9.17) is 0 Å². The fourth-order valence-corrected chi connectivity index (χ4v) is 9.67. The Morgan fingerprint density at radius 3 is 2.45 bits per heavy atom. The van der Waals surface area contributed by atoms with E-state index < -0.39 is 0 Å². The number of rotatable bonds is 1. The highest BCUT2D eigenvalue weighted by Gasteiger charge is 2.55. The molecule has 0 radical (unpaired) electrons. The van der Waals surface area contributed by atoms with Gasteiger partial charge in [-0.2, -0.15) is 0 Å². The van der Waals surface area contributed by atoms with Crippen molar-refractivity contribution in [2.45, 2.75) is 103 Å². The molecule has 2 bridgehead atoms. The van der Waals surface area contributed by atoms with Crippen molar-refractivity contribution in [3.63, 3.8) is 0 Å². The summed E-state index contributed by atoms with van der Waals surface area (Å²) in [4.78, 5) is 12.7. The molecule has 4 saturated carbocycles. The second-order valence-electron chi connectivity index (χ2n) is 12.9. The predicted octanol–water partition coefficient (Wildman–Crippen LogP) is 6.92. The van der Waals surface area contributed by atoms with Crippen LogP contribution in [-0.2, 0) is 16.6 Å². The van der Waals surface area contributed by atoms with Crippen LogP contribution < -0.4 is 0 Å². The van der Waals surface area contributed by atoms with Crippen LogP contribution in [0.1, 0.15) is 108 Å². The highest BCUT2D eigenvalue weighted by atomic mass is 16.3. The Morgan fingerprint density at radius 1 is 0.968 bits per heavy atom. The molecule has 1 N–H and O–H groups in total. The van der Waals surface area contributed by atoms with Gasteiger partial charge < -0.3 is 5.11 Å². The summed E-state index contributed by atoms with van der Waals surface area (Å²) >= 11 is 0. The maximum absolute atomic E-state index is 12.7. The van der Waals surface area contributed by atoms with Crippen molar-refractivity contribution in [2.24, 2.45) is 35.0 Å². The standard InChI is InChI=1S/C29H40O2/c1-17-10-18-12-19(11-17)16-28(2,15-18)25-14-23-20(13-26(25)30)4-5-22-21(23)8-9-29(3)24(22)6-7-27(29)31/h13-14,17-19,21-22,24,30H,4-12,15-16H2,1-3H3/t17?,18?,19?,21?,22?,24?,28?,29-/m0/s1. The minimum Gasteiger partial charge on any atom is -0.508 e. The van der Waals surface area contributed by atoms with E-state index in [9.17, 15) is 9.90 Å². The monoisotopic (exact) mass is 420 g/mol. The van der Waals surface area contributed by atoms with E-state index in [0.717, 1.165) is 49.9 Å². The molecule has 0 amide bonds. The SMILES string of the molecule is CC1CC2CC(C1)CC(C)(c1cc3c(cc1O)CCC1C3CC[C@]3(C)C(=O)CCC13)C2. The molecule has 0 aromatic heterocycles. The quantitative estimate of drug-likeness (QED) is 0.535. The second kappa shape index (κ2) is 6.84. The summed E-state index contributed by atoms with van der Waals surface area (Å²) in [5, 5.41) is 11.2. The first-order valence-electron chi connectivity index (χ1n) is 13.2. The Bertz CT molecular complexity index is 898. The molecule has 1 aromatic carbocycles. The molecule has 0 heterocycles. The van der Waals surface area contributed by atoms with Gasteiger partial charge in [0.2, 0.25) is 0 Å². The minimum atomic E-state index is -0.0537. The van der Waals surface area contributed by atoms with Crippen molar-refractivity contribution in [3.8, 4) is 5.75 Å². The number of hydrogen-bond acceptors (Lipinski definition) is 2. The van der Waals surface area contributed by atoms with Gasteiger partial charge in [0.1, 0.15) is 11.5 Å². The Kier molecular flexibility index (Phi) is 4.48. The predicted molar refractivity (Wildman–Crippen MR) is 124 cm³/mol. The van der Waals surface area contributed by atoms with Crippen LogP contribution in [0.15, 0.2) is 12.1 Å². The van der Waals surface area contributed by atoms with Gasteiger partial charge in [0.15, 0.2) is 0 Å². The minimum absolute atomic E-state index is 0.0537. The normalized spacial score (nSPS) is 46.2. The van der Waals surface area contributed by atoms with Gasteiger partial charge in [-0.1, -0.05) is 26.8 Å². The number of fused-ring (bicyclic) bond motifs is 7. The lowest BCUT2D eigenvalue weighted by Crippen LogP contribution is -2.42. The molecule has 0 aliphatic heterocycles. The van der Waals surface area contributed by atoms with E-state index in [-0.39, 0.29) is 10.8 Å². The van der Waals surface area contributed by atoms with E-state index >= 15 is 0 Å². The van der Waals surface area contributed by atoms with Gasteiger partial charge in [0, 0.05) is 17.4 Å². The van der Waals surface area contributed by atoms with Crippen molar-refractivity contribution in [3.05, 3.63) is 28.8 Å². The number of ketones is 1. The summed E-state index contributed by atoms with van der Waals surface area (Å²) in [6.07, 6.45) is 13.0. The molecular formula is C29H40O2. The molecule has 2 heteroatoms. The zero-order valence-corrected chi connectivity index (χ0v) is 19.8. The highest BCUT2D eigenvalue weighted by molar-refractivity contribution is 5.87. The van der Waals surface area contributed by atoms with Gasteiger partial charge in [-0.15, -0.1) is 0 Å². The van der Waals surface area contributed by atoms with Crippen molar-refractivity contribution in [1.29, 1.82) is 0 Å². The van der Waals surface area contributed by atoms with E-state index in [2.05, 4.69) is 32.9 Å². The van der Waals surface area contributed by atoms with E-state index in [1.165, 1.54) is 55.2 Å². The molecule has 0 saturated heterocycles. The second-order valence-corrected chi connectivity index (χ2v) is 12.9. The molecule has 5 aliphatic rings. The van der Waals surface area contributed by atoms with Gasteiger partial charge in [-0.3, -0.25) is 4.79 Å². The van der Waals surface area contributed by atoms with Crippen LogP contribution in [0.3, 0.4) is 0 Å². The fraction of sp³-hybridized carbons (Fsp3) is 0.759. The van der Waals surface area contributed by atoms with Gasteiger partial charge in [0.25, 0.3) is 0 Å². The van der Waals surface area contributed by atoms with Crippen LogP contribution in [0.5, 0.6) is 5.75 Å². The largest absolute Gasteiger partial charge is 0.508 e. The van der Waals surface area contributed by atoms with Crippen molar-refractivity contribution < 1.29 is 9.90 Å².